The quantitative estimate of drug-likeness (QED) is 0.885. The van der Waals surface area contributed by atoms with E-state index in [4.69, 9.17) is 0 Å². The Kier molecular flexibility index (Phi) is 3.32. The highest BCUT2D eigenvalue weighted by Crippen LogP contribution is 2.29. The van der Waals surface area contributed by atoms with Crippen LogP contribution in [-0.4, -0.2) is 25.6 Å². The third-order valence-corrected chi connectivity index (χ3v) is 3.58. The zero-order chi connectivity index (χ0) is 12.2. The summed E-state index contributed by atoms with van der Waals surface area (Å²) in [7, 11) is 0. The fourth-order valence-electron chi connectivity index (χ4n) is 2.66. The SMILES string of the molecule is c1cc(CNC2CCCC2n2ccnc2)ncn1. The molecule has 2 atom stereocenters. The van der Waals surface area contributed by atoms with E-state index < -0.39 is 0 Å². The van der Waals surface area contributed by atoms with Crippen molar-refractivity contribution in [3.8, 4) is 0 Å². The molecule has 5 nitrogen and oxygen atoms in total. The Balaban J connectivity index is 1.62. The van der Waals surface area contributed by atoms with E-state index in [0.29, 0.717) is 12.1 Å². The van der Waals surface area contributed by atoms with Gasteiger partial charge in [0.1, 0.15) is 6.33 Å². The maximum absolute atomic E-state index is 4.23. The number of aromatic nitrogens is 4. The van der Waals surface area contributed by atoms with Crippen LogP contribution in [0.2, 0.25) is 0 Å². The van der Waals surface area contributed by atoms with Crippen LogP contribution in [0.25, 0.3) is 0 Å². The van der Waals surface area contributed by atoms with Crippen LogP contribution < -0.4 is 5.32 Å². The van der Waals surface area contributed by atoms with Gasteiger partial charge in [0.05, 0.1) is 12.0 Å². The molecule has 0 aromatic carbocycles. The Morgan fingerprint density at radius 3 is 3.06 bits per heavy atom. The molecule has 1 fully saturated rings. The third kappa shape index (κ3) is 2.41. The summed E-state index contributed by atoms with van der Waals surface area (Å²) >= 11 is 0. The van der Waals surface area contributed by atoms with Crippen molar-refractivity contribution in [1.29, 1.82) is 0 Å². The first-order valence-electron chi connectivity index (χ1n) is 6.39. The smallest absolute Gasteiger partial charge is 0.115 e. The van der Waals surface area contributed by atoms with E-state index in [1.807, 2.05) is 18.6 Å². The van der Waals surface area contributed by atoms with Gasteiger partial charge in [0, 0.05) is 37.2 Å². The standard InChI is InChI=1S/C13H17N5/c1-2-12(13(3-1)18-7-6-15-10-18)16-8-11-4-5-14-9-17-11/h4-7,9-10,12-13,16H,1-3,8H2. The summed E-state index contributed by atoms with van der Waals surface area (Å²) in [6.45, 7) is 0.804. The second-order valence-electron chi connectivity index (χ2n) is 4.70. The largest absolute Gasteiger partial charge is 0.333 e. The van der Waals surface area contributed by atoms with Crippen molar-refractivity contribution in [2.75, 3.05) is 0 Å². The van der Waals surface area contributed by atoms with E-state index in [9.17, 15) is 0 Å². The van der Waals surface area contributed by atoms with Gasteiger partial charge in [-0.1, -0.05) is 0 Å². The number of nitrogens with zero attached hydrogens (tertiary/aromatic N) is 4. The van der Waals surface area contributed by atoms with Crippen molar-refractivity contribution in [1.82, 2.24) is 24.8 Å². The number of imidazole rings is 1. The molecule has 0 bridgehead atoms. The highest BCUT2D eigenvalue weighted by Gasteiger charge is 2.27. The normalized spacial score (nSPS) is 23.3. The molecule has 1 N–H and O–H groups in total. The zero-order valence-electron chi connectivity index (χ0n) is 10.2. The topological polar surface area (TPSA) is 55.6 Å². The average molecular weight is 243 g/mol. The Hall–Kier alpha value is -1.75. The van der Waals surface area contributed by atoms with Gasteiger partial charge in [0.25, 0.3) is 0 Å². The molecule has 3 rings (SSSR count). The van der Waals surface area contributed by atoms with Gasteiger partial charge in [0.2, 0.25) is 0 Å². The summed E-state index contributed by atoms with van der Waals surface area (Å²) < 4.78 is 2.21. The van der Waals surface area contributed by atoms with Crippen LogP contribution in [0, 0.1) is 0 Å². The predicted molar refractivity (Wildman–Crippen MR) is 67.8 cm³/mol. The minimum absolute atomic E-state index is 0.508. The molecule has 5 heteroatoms. The van der Waals surface area contributed by atoms with Crippen LogP contribution in [-0.2, 0) is 6.54 Å². The fraction of sp³-hybridized carbons (Fsp3) is 0.462. The van der Waals surface area contributed by atoms with Gasteiger partial charge in [-0.3, -0.25) is 0 Å². The first-order valence-corrected chi connectivity index (χ1v) is 6.39. The molecule has 0 radical (unpaired) electrons. The molecular weight excluding hydrogens is 226 g/mol. The van der Waals surface area contributed by atoms with Crippen LogP contribution >= 0.6 is 0 Å². The molecule has 2 heterocycles. The van der Waals surface area contributed by atoms with Crippen LogP contribution in [0.1, 0.15) is 31.0 Å². The Labute approximate surface area is 106 Å². The molecule has 94 valence electrons. The van der Waals surface area contributed by atoms with Crippen molar-refractivity contribution in [2.45, 2.75) is 37.9 Å². The van der Waals surface area contributed by atoms with E-state index in [-0.39, 0.29) is 0 Å². The van der Waals surface area contributed by atoms with E-state index >= 15 is 0 Å². The van der Waals surface area contributed by atoms with Crippen molar-refractivity contribution < 1.29 is 0 Å². The minimum atomic E-state index is 0.508. The van der Waals surface area contributed by atoms with Crippen LogP contribution in [0.3, 0.4) is 0 Å². The van der Waals surface area contributed by atoms with Crippen LogP contribution in [0.5, 0.6) is 0 Å². The van der Waals surface area contributed by atoms with Gasteiger partial charge < -0.3 is 9.88 Å². The summed E-state index contributed by atoms with van der Waals surface area (Å²) in [4.78, 5) is 12.3. The van der Waals surface area contributed by atoms with Crippen molar-refractivity contribution in [3.05, 3.63) is 43.0 Å². The number of rotatable bonds is 4. The average Bonchev–Trinajstić information content (AvgIpc) is 3.08. The molecule has 2 unspecified atom stereocenters. The molecule has 2 aromatic rings. The van der Waals surface area contributed by atoms with Gasteiger partial charge in [-0.05, 0) is 25.3 Å². The summed E-state index contributed by atoms with van der Waals surface area (Å²) in [5.41, 5.74) is 1.04. The molecule has 2 aromatic heterocycles. The van der Waals surface area contributed by atoms with E-state index in [2.05, 4.69) is 31.0 Å². The molecule has 0 aliphatic heterocycles. The monoisotopic (exact) mass is 243 g/mol. The summed E-state index contributed by atoms with van der Waals surface area (Å²) in [6.07, 6.45) is 12.9. The summed E-state index contributed by atoms with van der Waals surface area (Å²) in [5, 5.41) is 3.60. The third-order valence-electron chi connectivity index (χ3n) is 3.58. The fourth-order valence-corrected chi connectivity index (χ4v) is 2.66. The zero-order valence-corrected chi connectivity index (χ0v) is 10.2. The van der Waals surface area contributed by atoms with Gasteiger partial charge >= 0.3 is 0 Å². The second kappa shape index (κ2) is 5.27. The molecule has 1 aliphatic rings. The lowest BCUT2D eigenvalue weighted by Gasteiger charge is -2.22. The van der Waals surface area contributed by atoms with Gasteiger partial charge in [-0.25, -0.2) is 15.0 Å². The van der Waals surface area contributed by atoms with Gasteiger partial charge in [-0.15, -0.1) is 0 Å². The lowest BCUT2D eigenvalue weighted by Crippen LogP contribution is -2.33. The maximum atomic E-state index is 4.23. The van der Waals surface area contributed by atoms with Crippen LogP contribution in [0.15, 0.2) is 37.3 Å². The lowest BCUT2D eigenvalue weighted by atomic mass is 10.1. The highest BCUT2D eigenvalue weighted by molar-refractivity contribution is 4.99. The molecule has 1 aliphatic carbocycles. The number of hydrogen-bond donors (Lipinski definition) is 1. The molecule has 0 spiro atoms. The summed E-state index contributed by atoms with van der Waals surface area (Å²) in [5.74, 6) is 0. The number of nitrogens with one attached hydrogen (secondary N) is 1. The summed E-state index contributed by atoms with van der Waals surface area (Å²) in [6, 6.07) is 2.98. The number of hydrogen-bond acceptors (Lipinski definition) is 4. The van der Waals surface area contributed by atoms with Gasteiger partial charge in [0.15, 0.2) is 0 Å². The highest BCUT2D eigenvalue weighted by atomic mass is 15.1. The molecule has 1 saturated carbocycles. The Morgan fingerprint density at radius 2 is 2.28 bits per heavy atom. The van der Waals surface area contributed by atoms with Crippen molar-refractivity contribution in [2.24, 2.45) is 0 Å². The second-order valence-corrected chi connectivity index (χ2v) is 4.70. The predicted octanol–water partition coefficient (Wildman–Crippen LogP) is 1.56. The van der Waals surface area contributed by atoms with E-state index in [1.54, 1.807) is 12.5 Å². The molecular formula is C13H17N5. The van der Waals surface area contributed by atoms with Crippen LogP contribution in [0.4, 0.5) is 0 Å². The molecule has 0 saturated heterocycles. The van der Waals surface area contributed by atoms with E-state index in [1.165, 1.54) is 19.3 Å². The molecule has 0 amide bonds. The van der Waals surface area contributed by atoms with E-state index in [0.717, 1.165) is 12.2 Å². The first-order chi connectivity index (χ1) is 8.93. The van der Waals surface area contributed by atoms with Gasteiger partial charge in [-0.2, -0.15) is 0 Å². The maximum Gasteiger partial charge on any atom is 0.115 e. The minimum Gasteiger partial charge on any atom is -0.333 e. The van der Waals surface area contributed by atoms with Crippen molar-refractivity contribution >= 4 is 0 Å². The Bertz CT molecular complexity index is 467. The molecule has 18 heavy (non-hydrogen) atoms. The van der Waals surface area contributed by atoms with Crippen molar-refractivity contribution in [3.63, 3.8) is 0 Å². The lowest BCUT2D eigenvalue weighted by molar-refractivity contribution is 0.389. The Morgan fingerprint density at radius 1 is 1.28 bits per heavy atom. The first kappa shape index (κ1) is 11.3.